The third kappa shape index (κ3) is 4.11. The molecule has 0 unspecified atom stereocenters. The molecule has 2 aromatic rings. The van der Waals surface area contributed by atoms with Crippen LogP contribution in [0.1, 0.15) is 30.1 Å². The van der Waals surface area contributed by atoms with E-state index in [1.54, 1.807) is 12.1 Å². The number of ether oxygens (including phenoxy) is 2. The zero-order valence-electron chi connectivity index (χ0n) is 14.9. The molecule has 0 saturated carbocycles. The van der Waals surface area contributed by atoms with Crippen LogP contribution in [0.5, 0.6) is 0 Å². The Kier molecular flexibility index (Phi) is 6.01. The Morgan fingerprint density at radius 1 is 1.19 bits per heavy atom. The van der Waals surface area contributed by atoms with Crippen molar-refractivity contribution in [3.05, 3.63) is 71.5 Å². The molecule has 5 heteroatoms. The summed E-state index contributed by atoms with van der Waals surface area (Å²) in [6.07, 6.45) is 0.806. The van der Waals surface area contributed by atoms with E-state index in [2.05, 4.69) is 5.32 Å². The van der Waals surface area contributed by atoms with Crippen molar-refractivity contribution < 1.29 is 18.7 Å². The highest BCUT2D eigenvalue weighted by Gasteiger charge is 2.36. The quantitative estimate of drug-likeness (QED) is 0.862. The van der Waals surface area contributed by atoms with Crippen molar-refractivity contribution in [2.75, 3.05) is 26.9 Å². The van der Waals surface area contributed by atoms with Crippen LogP contribution >= 0.6 is 0 Å². The molecule has 0 bridgehead atoms. The van der Waals surface area contributed by atoms with Crippen LogP contribution < -0.4 is 5.32 Å². The molecule has 1 fully saturated rings. The number of benzene rings is 2. The zero-order chi connectivity index (χ0) is 18.4. The lowest BCUT2D eigenvalue weighted by molar-refractivity contribution is -0.132. The average Bonchev–Trinajstić information content (AvgIpc) is 2.68. The van der Waals surface area contributed by atoms with Crippen molar-refractivity contribution in [1.29, 1.82) is 0 Å². The van der Waals surface area contributed by atoms with E-state index in [0.29, 0.717) is 19.8 Å². The van der Waals surface area contributed by atoms with Gasteiger partial charge in [0.25, 0.3) is 5.91 Å². The smallest absolute Gasteiger partial charge is 0.253 e. The van der Waals surface area contributed by atoms with E-state index < -0.39 is 6.10 Å². The van der Waals surface area contributed by atoms with E-state index in [1.165, 1.54) is 13.2 Å². The van der Waals surface area contributed by atoms with Crippen molar-refractivity contribution in [2.45, 2.75) is 24.4 Å². The minimum Gasteiger partial charge on any atom is -0.381 e. The van der Waals surface area contributed by atoms with Crippen LogP contribution in [0.4, 0.5) is 4.39 Å². The Morgan fingerprint density at radius 3 is 2.58 bits per heavy atom. The molecule has 1 saturated heterocycles. The number of methoxy groups -OCH3 is 1. The number of carbonyl (C=O) groups excluding carboxylic acids is 1. The van der Waals surface area contributed by atoms with E-state index in [0.717, 1.165) is 24.0 Å². The summed E-state index contributed by atoms with van der Waals surface area (Å²) in [4.78, 5) is 12.7. The van der Waals surface area contributed by atoms with E-state index in [4.69, 9.17) is 9.47 Å². The van der Waals surface area contributed by atoms with Gasteiger partial charge in [0.15, 0.2) is 6.10 Å². The number of halogens is 1. The summed E-state index contributed by atoms with van der Waals surface area (Å²) < 4.78 is 24.6. The summed E-state index contributed by atoms with van der Waals surface area (Å²) in [5, 5.41) is 3.02. The van der Waals surface area contributed by atoms with Gasteiger partial charge in [0.05, 0.1) is 0 Å². The average molecular weight is 357 g/mol. The number of hydrogen-bond donors (Lipinski definition) is 1. The van der Waals surface area contributed by atoms with Gasteiger partial charge in [0.1, 0.15) is 5.82 Å². The molecule has 3 rings (SSSR count). The van der Waals surface area contributed by atoms with Crippen LogP contribution in [-0.4, -0.2) is 32.8 Å². The van der Waals surface area contributed by atoms with Crippen LogP contribution in [0.25, 0.3) is 0 Å². The molecular formula is C21H24FNO3. The molecule has 1 heterocycles. The minimum absolute atomic E-state index is 0.194. The van der Waals surface area contributed by atoms with Gasteiger partial charge in [-0.25, -0.2) is 4.39 Å². The van der Waals surface area contributed by atoms with Crippen molar-refractivity contribution in [3.63, 3.8) is 0 Å². The fourth-order valence-electron chi connectivity index (χ4n) is 3.52. The number of hydrogen-bond acceptors (Lipinski definition) is 3. The lowest BCUT2D eigenvalue weighted by atomic mass is 9.74. The number of rotatable bonds is 6. The maximum Gasteiger partial charge on any atom is 0.253 e. The molecule has 4 nitrogen and oxygen atoms in total. The molecule has 2 aromatic carbocycles. The maximum absolute atomic E-state index is 13.8. The van der Waals surface area contributed by atoms with Gasteiger partial charge in [0.2, 0.25) is 0 Å². The second kappa shape index (κ2) is 8.43. The number of carbonyl (C=O) groups is 1. The molecule has 0 radical (unpaired) electrons. The first-order valence-corrected chi connectivity index (χ1v) is 8.84. The number of nitrogens with one attached hydrogen (secondary N) is 1. The highest BCUT2D eigenvalue weighted by molar-refractivity contribution is 5.82. The van der Waals surface area contributed by atoms with Crippen LogP contribution in [0.15, 0.2) is 54.6 Å². The van der Waals surface area contributed by atoms with Gasteiger partial charge in [-0.1, -0.05) is 42.5 Å². The Labute approximate surface area is 153 Å². The van der Waals surface area contributed by atoms with Gasteiger partial charge < -0.3 is 14.8 Å². The predicted octanol–water partition coefficient (Wildman–Crippen LogP) is 3.38. The summed E-state index contributed by atoms with van der Waals surface area (Å²) in [7, 11) is 1.52. The number of amides is 1. The summed E-state index contributed by atoms with van der Waals surface area (Å²) in [6, 6.07) is 16.0. The fraction of sp³-hybridized carbons (Fsp3) is 0.381. The molecule has 1 aliphatic heterocycles. The molecular weight excluding hydrogens is 333 g/mol. The van der Waals surface area contributed by atoms with Gasteiger partial charge in [-0.05, 0) is 36.1 Å². The topological polar surface area (TPSA) is 47.6 Å². The largest absolute Gasteiger partial charge is 0.381 e. The Bertz CT molecular complexity index is 729. The van der Waals surface area contributed by atoms with E-state index in [9.17, 15) is 9.18 Å². The van der Waals surface area contributed by atoms with Gasteiger partial charge in [-0.15, -0.1) is 0 Å². The Balaban J connectivity index is 1.76. The first-order valence-electron chi connectivity index (χ1n) is 8.84. The van der Waals surface area contributed by atoms with E-state index in [-0.39, 0.29) is 17.1 Å². The summed E-state index contributed by atoms with van der Waals surface area (Å²) in [5.74, 6) is -0.459. The first kappa shape index (κ1) is 18.5. The first-order chi connectivity index (χ1) is 12.6. The van der Waals surface area contributed by atoms with Crippen LogP contribution in [0.3, 0.4) is 0 Å². The molecule has 26 heavy (non-hydrogen) atoms. The van der Waals surface area contributed by atoms with Gasteiger partial charge >= 0.3 is 0 Å². The molecule has 1 N–H and O–H groups in total. The summed E-state index contributed by atoms with van der Waals surface area (Å²) in [6.45, 7) is 1.61. The Hall–Kier alpha value is -2.24. The molecule has 1 atom stereocenters. The van der Waals surface area contributed by atoms with Gasteiger partial charge in [0, 0.05) is 32.3 Å². The fourth-order valence-corrected chi connectivity index (χ4v) is 3.52. The molecule has 138 valence electrons. The second-order valence-electron chi connectivity index (χ2n) is 6.65. The third-order valence-electron chi connectivity index (χ3n) is 5.06. The van der Waals surface area contributed by atoms with Gasteiger partial charge in [-0.2, -0.15) is 0 Å². The van der Waals surface area contributed by atoms with Crippen molar-refractivity contribution in [1.82, 2.24) is 5.32 Å². The summed E-state index contributed by atoms with van der Waals surface area (Å²) in [5.41, 5.74) is 1.37. The highest BCUT2D eigenvalue weighted by atomic mass is 19.1. The predicted molar refractivity (Wildman–Crippen MR) is 97.3 cm³/mol. The molecule has 0 aliphatic carbocycles. The van der Waals surface area contributed by atoms with Crippen molar-refractivity contribution >= 4 is 5.91 Å². The molecule has 0 aromatic heterocycles. The maximum atomic E-state index is 13.8. The second-order valence-corrected chi connectivity index (χ2v) is 6.65. The molecule has 1 amide bonds. The summed E-state index contributed by atoms with van der Waals surface area (Å²) >= 11 is 0. The van der Waals surface area contributed by atoms with E-state index >= 15 is 0 Å². The van der Waals surface area contributed by atoms with Crippen LogP contribution in [0.2, 0.25) is 0 Å². The monoisotopic (exact) mass is 357 g/mol. The van der Waals surface area contributed by atoms with E-state index in [1.807, 2.05) is 36.4 Å². The van der Waals surface area contributed by atoms with Gasteiger partial charge in [-0.3, -0.25) is 4.79 Å². The van der Waals surface area contributed by atoms with Crippen LogP contribution in [-0.2, 0) is 19.7 Å². The Morgan fingerprint density at radius 2 is 1.92 bits per heavy atom. The SMILES string of the molecule is CO[C@@H](C(=O)NCC1(c2cccc(F)c2)CCOCC1)c1ccccc1. The minimum atomic E-state index is -0.666. The lowest BCUT2D eigenvalue weighted by Crippen LogP contribution is -2.46. The third-order valence-corrected chi connectivity index (χ3v) is 5.06. The standard InChI is InChI=1S/C21H24FNO3/c1-25-19(16-6-3-2-4-7-16)20(24)23-15-21(10-12-26-13-11-21)17-8-5-9-18(22)14-17/h2-9,14,19H,10-13,15H2,1H3,(H,23,24)/t19-/m1/s1. The lowest BCUT2D eigenvalue weighted by Gasteiger charge is -2.38. The van der Waals surface area contributed by atoms with Crippen LogP contribution in [0, 0.1) is 5.82 Å². The zero-order valence-corrected chi connectivity index (χ0v) is 14.9. The molecule has 0 spiro atoms. The van der Waals surface area contributed by atoms with Crippen molar-refractivity contribution in [3.8, 4) is 0 Å². The highest BCUT2D eigenvalue weighted by Crippen LogP contribution is 2.34. The normalized spacial score (nSPS) is 17.5. The molecule has 1 aliphatic rings. The van der Waals surface area contributed by atoms with Crippen molar-refractivity contribution in [2.24, 2.45) is 0 Å².